The second-order valence-electron chi connectivity index (χ2n) is 4.86. The molecule has 0 aliphatic carbocycles. The Morgan fingerprint density at radius 2 is 2.40 bits per heavy atom. The molecule has 3 heterocycles. The third-order valence-corrected chi connectivity index (χ3v) is 5.80. The van der Waals surface area contributed by atoms with Crippen LogP contribution in [-0.2, 0) is 23.5 Å². The van der Waals surface area contributed by atoms with Gasteiger partial charge in [-0.1, -0.05) is 0 Å². The molecule has 106 valence electrons. The molecule has 0 saturated carbocycles. The Morgan fingerprint density at radius 3 is 3.15 bits per heavy atom. The number of aromatic nitrogens is 1. The Labute approximate surface area is 131 Å². The van der Waals surface area contributed by atoms with Crippen LogP contribution in [0.5, 0.6) is 0 Å². The van der Waals surface area contributed by atoms with E-state index in [-0.39, 0.29) is 11.9 Å². The van der Waals surface area contributed by atoms with Crippen LogP contribution in [0.15, 0.2) is 16.8 Å². The summed E-state index contributed by atoms with van der Waals surface area (Å²) in [5.41, 5.74) is 2.15. The summed E-state index contributed by atoms with van der Waals surface area (Å²) in [5, 5.41) is 4.89. The number of carbonyl (C=O) groups is 1. The summed E-state index contributed by atoms with van der Waals surface area (Å²) in [5.74, 6) is 0.563. The van der Waals surface area contributed by atoms with E-state index >= 15 is 0 Å². The summed E-state index contributed by atoms with van der Waals surface area (Å²) < 4.78 is 0. The van der Waals surface area contributed by atoms with Gasteiger partial charge in [-0.15, -0.1) is 34.3 Å². The standard InChI is InChI=1S/C14H15ClN2OS2/c1-9-11-3-5-19-12(11)2-4-17(9)14(18)6-13-16-10(7-15)8-20-13/h3,5,8-9H,2,4,6-7H2,1H3. The van der Waals surface area contributed by atoms with Crippen molar-refractivity contribution < 1.29 is 4.79 Å². The predicted octanol–water partition coefficient (Wildman–Crippen LogP) is 3.63. The molecule has 2 aromatic rings. The van der Waals surface area contributed by atoms with Crippen molar-refractivity contribution >= 4 is 40.2 Å². The molecular weight excluding hydrogens is 312 g/mol. The van der Waals surface area contributed by atoms with E-state index in [1.54, 1.807) is 11.3 Å². The van der Waals surface area contributed by atoms with E-state index in [0.29, 0.717) is 12.3 Å². The summed E-state index contributed by atoms with van der Waals surface area (Å²) in [6.45, 7) is 2.91. The van der Waals surface area contributed by atoms with Gasteiger partial charge in [0.25, 0.3) is 0 Å². The van der Waals surface area contributed by atoms with Crippen LogP contribution in [0, 0.1) is 0 Å². The van der Waals surface area contributed by atoms with Gasteiger partial charge in [0, 0.05) is 16.8 Å². The van der Waals surface area contributed by atoms with Gasteiger partial charge in [-0.2, -0.15) is 0 Å². The van der Waals surface area contributed by atoms with Gasteiger partial charge in [-0.25, -0.2) is 4.98 Å². The lowest BCUT2D eigenvalue weighted by Crippen LogP contribution is -2.39. The molecule has 0 saturated heterocycles. The lowest BCUT2D eigenvalue weighted by Gasteiger charge is -2.33. The third-order valence-electron chi connectivity index (χ3n) is 3.64. The van der Waals surface area contributed by atoms with Crippen molar-refractivity contribution in [3.05, 3.63) is 38.0 Å². The summed E-state index contributed by atoms with van der Waals surface area (Å²) in [6.07, 6.45) is 1.35. The van der Waals surface area contributed by atoms with Crippen molar-refractivity contribution in [3.63, 3.8) is 0 Å². The van der Waals surface area contributed by atoms with Gasteiger partial charge < -0.3 is 4.90 Å². The van der Waals surface area contributed by atoms with Crippen LogP contribution in [0.4, 0.5) is 0 Å². The van der Waals surface area contributed by atoms with Crippen LogP contribution in [0.1, 0.15) is 34.1 Å². The minimum atomic E-state index is 0.157. The summed E-state index contributed by atoms with van der Waals surface area (Å²) in [6, 6.07) is 2.31. The fraction of sp³-hybridized carbons (Fsp3) is 0.429. The van der Waals surface area contributed by atoms with Crippen molar-refractivity contribution in [1.82, 2.24) is 9.88 Å². The number of halogens is 1. The SMILES string of the molecule is CC1c2ccsc2CCN1C(=O)Cc1nc(CCl)cs1. The fourth-order valence-corrected chi connectivity index (χ4v) is 4.55. The number of hydrogen-bond donors (Lipinski definition) is 0. The average molecular weight is 327 g/mol. The highest BCUT2D eigenvalue weighted by Gasteiger charge is 2.28. The molecule has 20 heavy (non-hydrogen) atoms. The van der Waals surface area contributed by atoms with E-state index in [9.17, 15) is 4.79 Å². The Kier molecular flexibility index (Phi) is 4.10. The Bertz CT molecular complexity index is 622. The minimum absolute atomic E-state index is 0.157. The number of carbonyl (C=O) groups excluding carboxylic acids is 1. The van der Waals surface area contributed by atoms with Gasteiger partial charge in [0.15, 0.2) is 0 Å². The molecule has 3 nitrogen and oxygen atoms in total. The highest BCUT2D eigenvalue weighted by atomic mass is 35.5. The maximum Gasteiger partial charge on any atom is 0.229 e. The normalized spacial score (nSPS) is 18.1. The van der Waals surface area contributed by atoms with Crippen molar-refractivity contribution in [2.24, 2.45) is 0 Å². The molecule has 1 aliphatic heterocycles. The minimum Gasteiger partial charge on any atom is -0.335 e. The van der Waals surface area contributed by atoms with E-state index in [1.807, 2.05) is 10.3 Å². The molecular formula is C14H15ClN2OS2. The molecule has 0 N–H and O–H groups in total. The van der Waals surface area contributed by atoms with Crippen LogP contribution in [-0.4, -0.2) is 22.3 Å². The molecule has 0 fully saturated rings. The maximum atomic E-state index is 12.5. The smallest absolute Gasteiger partial charge is 0.229 e. The highest BCUT2D eigenvalue weighted by molar-refractivity contribution is 7.10. The van der Waals surface area contributed by atoms with E-state index in [4.69, 9.17) is 11.6 Å². The van der Waals surface area contributed by atoms with Gasteiger partial charge in [0.05, 0.1) is 24.0 Å². The molecule has 1 aliphatic rings. The Balaban J connectivity index is 1.72. The number of amides is 1. The Hall–Kier alpha value is -0.910. The summed E-state index contributed by atoms with van der Waals surface area (Å²) in [7, 11) is 0. The van der Waals surface area contributed by atoms with E-state index in [0.717, 1.165) is 23.7 Å². The van der Waals surface area contributed by atoms with E-state index < -0.39 is 0 Å². The molecule has 1 amide bonds. The predicted molar refractivity (Wildman–Crippen MR) is 83.5 cm³/mol. The zero-order valence-electron chi connectivity index (χ0n) is 11.1. The first-order chi connectivity index (χ1) is 9.69. The zero-order valence-corrected chi connectivity index (χ0v) is 13.5. The number of rotatable bonds is 3. The third kappa shape index (κ3) is 2.62. The van der Waals surface area contributed by atoms with Gasteiger partial charge in [0.2, 0.25) is 5.91 Å². The lowest BCUT2D eigenvalue weighted by atomic mass is 10.0. The van der Waals surface area contributed by atoms with Crippen LogP contribution in [0.3, 0.4) is 0 Å². The first-order valence-electron chi connectivity index (χ1n) is 6.54. The first-order valence-corrected chi connectivity index (χ1v) is 8.83. The number of thiazole rings is 1. The number of fused-ring (bicyclic) bond motifs is 1. The average Bonchev–Trinajstić information content (AvgIpc) is 3.07. The van der Waals surface area contributed by atoms with Crippen LogP contribution < -0.4 is 0 Å². The summed E-state index contributed by atoms with van der Waals surface area (Å²) >= 11 is 9.05. The van der Waals surface area contributed by atoms with Crippen LogP contribution in [0.25, 0.3) is 0 Å². The fourth-order valence-electron chi connectivity index (χ4n) is 2.57. The molecule has 0 bridgehead atoms. The second kappa shape index (κ2) is 5.84. The highest BCUT2D eigenvalue weighted by Crippen LogP contribution is 2.33. The van der Waals surface area contributed by atoms with Crippen LogP contribution >= 0.6 is 34.3 Å². The largest absolute Gasteiger partial charge is 0.335 e. The van der Waals surface area contributed by atoms with Crippen LogP contribution in [0.2, 0.25) is 0 Å². The van der Waals surface area contributed by atoms with Crippen molar-refractivity contribution in [2.75, 3.05) is 6.54 Å². The molecule has 6 heteroatoms. The molecule has 0 radical (unpaired) electrons. The van der Waals surface area contributed by atoms with Gasteiger partial charge >= 0.3 is 0 Å². The second-order valence-corrected chi connectivity index (χ2v) is 7.07. The van der Waals surface area contributed by atoms with Crippen molar-refractivity contribution in [3.8, 4) is 0 Å². The monoisotopic (exact) mass is 326 g/mol. The summed E-state index contributed by atoms with van der Waals surface area (Å²) in [4.78, 5) is 20.2. The molecule has 0 spiro atoms. The molecule has 0 aromatic carbocycles. The quantitative estimate of drug-likeness (QED) is 0.807. The van der Waals surface area contributed by atoms with Gasteiger partial charge in [-0.05, 0) is 30.4 Å². The number of hydrogen-bond acceptors (Lipinski definition) is 4. The van der Waals surface area contributed by atoms with Gasteiger partial charge in [-0.3, -0.25) is 4.79 Å². The number of nitrogens with zero attached hydrogens (tertiary/aromatic N) is 2. The molecule has 1 atom stereocenters. The van der Waals surface area contributed by atoms with E-state index in [1.165, 1.54) is 21.8 Å². The maximum absolute atomic E-state index is 12.5. The zero-order chi connectivity index (χ0) is 14.1. The van der Waals surface area contributed by atoms with E-state index in [2.05, 4.69) is 23.4 Å². The number of alkyl halides is 1. The first kappa shape index (κ1) is 14.0. The topological polar surface area (TPSA) is 33.2 Å². The molecule has 2 aromatic heterocycles. The van der Waals surface area contributed by atoms with Crippen molar-refractivity contribution in [1.29, 1.82) is 0 Å². The van der Waals surface area contributed by atoms with Gasteiger partial charge in [0.1, 0.15) is 5.01 Å². The number of thiophene rings is 1. The molecule has 1 unspecified atom stereocenters. The van der Waals surface area contributed by atoms with Crippen molar-refractivity contribution in [2.45, 2.75) is 31.7 Å². The molecule has 3 rings (SSSR count). The Morgan fingerprint density at radius 1 is 1.55 bits per heavy atom. The lowest BCUT2D eigenvalue weighted by molar-refractivity contribution is -0.133.